The molecule has 2 aromatic rings. The normalized spacial score (nSPS) is 29.9. The molecule has 5 rings (SSSR count). The van der Waals surface area contributed by atoms with E-state index in [0.29, 0.717) is 42.1 Å². The van der Waals surface area contributed by atoms with Crippen LogP contribution in [0.2, 0.25) is 5.02 Å². The highest BCUT2D eigenvalue weighted by atomic mass is 35.5. The lowest BCUT2D eigenvalue weighted by atomic mass is 9.65. The van der Waals surface area contributed by atoms with Gasteiger partial charge in [0.15, 0.2) is 0 Å². The number of fused-ring (bicyclic) bond motifs is 1. The van der Waals surface area contributed by atoms with Crippen LogP contribution >= 0.6 is 11.6 Å². The predicted molar refractivity (Wildman–Crippen MR) is 149 cm³/mol. The van der Waals surface area contributed by atoms with Crippen LogP contribution in [-0.4, -0.2) is 57.6 Å². The van der Waals surface area contributed by atoms with Gasteiger partial charge in [0.1, 0.15) is 11.6 Å². The first-order valence-electron chi connectivity index (χ1n) is 13.7. The molecule has 0 saturated carbocycles. The third kappa shape index (κ3) is 4.62. The summed E-state index contributed by atoms with van der Waals surface area (Å²) in [4.78, 5) is 43.8. The lowest BCUT2D eigenvalue weighted by Crippen LogP contribution is -2.56. The van der Waals surface area contributed by atoms with Crippen molar-refractivity contribution in [3.63, 3.8) is 0 Å². The zero-order chi connectivity index (χ0) is 27.9. The number of benzene rings is 2. The lowest BCUT2D eigenvalue weighted by molar-refractivity contribution is -0.148. The number of halogens is 1. The summed E-state index contributed by atoms with van der Waals surface area (Å²) in [6.45, 7) is 5.69. The molecular formula is C30H36ClN3O5. The molecular weight excluding hydrogens is 518 g/mol. The first-order valence-corrected chi connectivity index (χ1v) is 14.1. The van der Waals surface area contributed by atoms with Crippen molar-refractivity contribution in [3.8, 4) is 0 Å². The summed E-state index contributed by atoms with van der Waals surface area (Å²) in [5.74, 6) is -2.42. The van der Waals surface area contributed by atoms with Crippen LogP contribution in [0.25, 0.3) is 0 Å². The van der Waals surface area contributed by atoms with E-state index in [1.807, 2.05) is 39.0 Å². The summed E-state index contributed by atoms with van der Waals surface area (Å²) in [6, 6.07) is 14.3. The Morgan fingerprint density at radius 3 is 2.31 bits per heavy atom. The Labute approximate surface area is 234 Å². The van der Waals surface area contributed by atoms with Crippen molar-refractivity contribution < 1.29 is 24.2 Å². The van der Waals surface area contributed by atoms with Crippen LogP contribution in [0, 0.1) is 17.8 Å². The van der Waals surface area contributed by atoms with Crippen LogP contribution in [0.4, 0.5) is 11.4 Å². The van der Waals surface area contributed by atoms with E-state index >= 15 is 0 Å². The van der Waals surface area contributed by atoms with Crippen LogP contribution < -0.4 is 10.6 Å². The zero-order valence-corrected chi connectivity index (χ0v) is 23.3. The van der Waals surface area contributed by atoms with Crippen molar-refractivity contribution in [2.75, 3.05) is 17.2 Å². The Balaban J connectivity index is 1.56. The van der Waals surface area contributed by atoms with E-state index in [9.17, 15) is 19.5 Å². The lowest BCUT2D eigenvalue weighted by Gasteiger charge is -2.37. The number of rotatable bonds is 9. The van der Waals surface area contributed by atoms with E-state index in [1.165, 1.54) is 4.90 Å². The van der Waals surface area contributed by atoms with Gasteiger partial charge in [-0.3, -0.25) is 14.4 Å². The van der Waals surface area contributed by atoms with Crippen molar-refractivity contribution in [2.24, 2.45) is 17.8 Å². The molecule has 2 aromatic carbocycles. The van der Waals surface area contributed by atoms with Gasteiger partial charge in [-0.2, -0.15) is 0 Å². The number of amides is 3. The van der Waals surface area contributed by atoms with Gasteiger partial charge in [-0.25, -0.2) is 0 Å². The average Bonchev–Trinajstić information content (AvgIpc) is 3.52. The van der Waals surface area contributed by atoms with Crippen molar-refractivity contribution >= 4 is 40.7 Å². The summed E-state index contributed by atoms with van der Waals surface area (Å²) < 4.78 is 6.80. The van der Waals surface area contributed by atoms with Gasteiger partial charge in [0.25, 0.3) is 0 Å². The third-order valence-corrected chi connectivity index (χ3v) is 8.90. The Bertz CT molecular complexity index is 1240. The van der Waals surface area contributed by atoms with E-state index in [1.54, 1.807) is 36.4 Å². The van der Waals surface area contributed by atoms with E-state index in [2.05, 4.69) is 10.6 Å². The Morgan fingerprint density at radius 1 is 1.05 bits per heavy atom. The van der Waals surface area contributed by atoms with Crippen LogP contribution in [0.15, 0.2) is 54.6 Å². The van der Waals surface area contributed by atoms with Crippen LogP contribution in [-0.2, 0) is 19.1 Å². The molecule has 3 fully saturated rings. The van der Waals surface area contributed by atoms with E-state index in [0.717, 1.165) is 0 Å². The minimum absolute atomic E-state index is 0.171. The summed E-state index contributed by atoms with van der Waals surface area (Å²) in [7, 11) is 0. The zero-order valence-electron chi connectivity index (χ0n) is 22.5. The monoisotopic (exact) mass is 553 g/mol. The fourth-order valence-electron chi connectivity index (χ4n) is 7.05. The summed E-state index contributed by atoms with van der Waals surface area (Å²) in [5, 5.41) is 16.9. The number of anilines is 2. The Morgan fingerprint density at radius 2 is 1.69 bits per heavy atom. The first-order chi connectivity index (χ1) is 18.7. The van der Waals surface area contributed by atoms with Gasteiger partial charge < -0.3 is 25.4 Å². The molecule has 3 amide bonds. The number of nitrogens with zero attached hydrogens (tertiary/aromatic N) is 1. The Hall–Kier alpha value is -2.94. The van der Waals surface area contributed by atoms with E-state index in [4.69, 9.17) is 16.3 Å². The van der Waals surface area contributed by atoms with Gasteiger partial charge in [-0.15, -0.1) is 0 Å². The molecule has 6 atom stereocenters. The predicted octanol–water partition coefficient (Wildman–Crippen LogP) is 4.48. The van der Waals surface area contributed by atoms with Gasteiger partial charge in [0, 0.05) is 16.4 Å². The topological polar surface area (TPSA) is 108 Å². The van der Waals surface area contributed by atoms with E-state index < -0.39 is 41.0 Å². The number of aliphatic hydroxyl groups excluding tert-OH is 1. The summed E-state index contributed by atoms with van der Waals surface area (Å²) in [6.07, 6.45) is 2.08. The highest BCUT2D eigenvalue weighted by Gasteiger charge is 2.79. The Kier molecular flexibility index (Phi) is 7.48. The molecule has 0 aromatic heterocycles. The van der Waals surface area contributed by atoms with Gasteiger partial charge in [0.05, 0.1) is 30.1 Å². The molecule has 9 heteroatoms. The number of nitrogens with one attached hydrogen (secondary N) is 2. The second kappa shape index (κ2) is 10.6. The molecule has 3 heterocycles. The van der Waals surface area contributed by atoms with Crippen molar-refractivity contribution in [1.82, 2.24) is 4.90 Å². The molecule has 3 N–H and O–H groups in total. The second-order valence-corrected chi connectivity index (χ2v) is 11.8. The number of ether oxygens (including phenoxy) is 1. The maximum atomic E-state index is 14.3. The number of carbonyl (C=O) groups excluding carboxylic acids is 3. The molecule has 2 unspecified atom stereocenters. The molecule has 8 nitrogen and oxygen atoms in total. The van der Waals surface area contributed by atoms with Crippen molar-refractivity contribution in [3.05, 3.63) is 59.6 Å². The molecule has 3 aliphatic rings. The largest absolute Gasteiger partial charge is 0.394 e. The molecule has 0 aliphatic carbocycles. The van der Waals surface area contributed by atoms with Gasteiger partial charge in [-0.05, 0) is 68.0 Å². The highest BCUT2D eigenvalue weighted by molar-refractivity contribution is 6.30. The molecule has 208 valence electrons. The van der Waals surface area contributed by atoms with Gasteiger partial charge >= 0.3 is 0 Å². The quantitative estimate of drug-likeness (QED) is 0.424. The minimum atomic E-state index is -1.17. The fraction of sp³-hybridized carbons (Fsp3) is 0.500. The van der Waals surface area contributed by atoms with Gasteiger partial charge in [0.2, 0.25) is 17.7 Å². The number of hydrogen-bond acceptors (Lipinski definition) is 5. The fourth-order valence-corrected chi connectivity index (χ4v) is 7.18. The van der Waals surface area contributed by atoms with Crippen LogP contribution in [0.5, 0.6) is 0 Å². The van der Waals surface area contributed by atoms with Crippen molar-refractivity contribution in [2.45, 2.75) is 69.7 Å². The second-order valence-electron chi connectivity index (χ2n) is 11.4. The highest BCUT2D eigenvalue weighted by Crippen LogP contribution is 2.64. The number of aliphatic hydroxyl groups is 1. The number of para-hydroxylation sites is 1. The van der Waals surface area contributed by atoms with E-state index in [-0.39, 0.29) is 24.3 Å². The molecule has 39 heavy (non-hydrogen) atoms. The van der Waals surface area contributed by atoms with Crippen LogP contribution in [0.1, 0.15) is 46.5 Å². The molecule has 0 radical (unpaired) electrons. The van der Waals surface area contributed by atoms with Gasteiger partial charge in [-0.1, -0.05) is 50.6 Å². The maximum Gasteiger partial charge on any atom is 0.250 e. The van der Waals surface area contributed by atoms with Crippen LogP contribution in [0.3, 0.4) is 0 Å². The summed E-state index contributed by atoms with van der Waals surface area (Å²) in [5.41, 5.74) is -0.848. The smallest absolute Gasteiger partial charge is 0.250 e. The first kappa shape index (κ1) is 27.6. The standard InChI is InChI=1S/C30H36ClN3O5/c1-4-29-14-15-30(39-29)24(23(29)26(36)32-20-8-6-5-7-9-20)28(38)34(22(17-35)16-18(2)3)25(30)27(37)33-21-12-10-19(31)11-13-21/h5-13,18,22-25,35H,4,14-17H2,1-3H3,(H,32,36)(H,33,37)/t22-,23+,24+,25?,29-,30?/m1/s1. The molecule has 3 saturated heterocycles. The average molecular weight is 554 g/mol. The third-order valence-electron chi connectivity index (χ3n) is 8.65. The number of carbonyl (C=O) groups is 3. The maximum absolute atomic E-state index is 14.3. The molecule has 3 aliphatic heterocycles. The SMILES string of the molecule is CC[C@]12CCC3(O1)C(C(=O)Nc1ccc(Cl)cc1)N([C@@H](CO)CC(C)C)C(=O)[C@@H]3[C@H]2C(=O)Nc1ccccc1. The molecule has 2 bridgehead atoms. The number of hydrogen-bond donors (Lipinski definition) is 3. The minimum Gasteiger partial charge on any atom is -0.394 e. The number of likely N-dealkylation sites (tertiary alicyclic amines) is 1. The summed E-state index contributed by atoms with van der Waals surface area (Å²) >= 11 is 6.03. The van der Waals surface area contributed by atoms with Crippen molar-refractivity contribution in [1.29, 1.82) is 0 Å². The molecule has 1 spiro atoms.